The van der Waals surface area contributed by atoms with E-state index in [0.717, 1.165) is 23.6 Å². The van der Waals surface area contributed by atoms with Crippen LogP contribution in [-0.2, 0) is 17.9 Å². The number of aromatic nitrogens is 1. The Morgan fingerprint density at radius 1 is 1.25 bits per heavy atom. The molecule has 0 amide bonds. The van der Waals surface area contributed by atoms with Crippen LogP contribution in [0.3, 0.4) is 0 Å². The van der Waals surface area contributed by atoms with E-state index in [1.807, 2.05) is 19.9 Å². The van der Waals surface area contributed by atoms with E-state index in [9.17, 15) is 0 Å². The Kier molecular flexibility index (Phi) is 4.93. The molecule has 2 rings (SSSR count). The van der Waals surface area contributed by atoms with Gasteiger partial charge in [0, 0.05) is 25.3 Å². The predicted octanol–water partition coefficient (Wildman–Crippen LogP) is 3.29. The molecule has 0 saturated carbocycles. The number of rotatable bonds is 6. The van der Waals surface area contributed by atoms with Crippen LogP contribution in [0.15, 0.2) is 28.8 Å². The molecular formula is C16H22N2O2. The van der Waals surface area contributed by atoms with Gasteiger partial charge in [-0.3, -0.25) is 0 Å². The van der Waals surface area contributed by atoms with Gasteiger partial charge in [0.15, 0.2) is 0 Å². The fraction of sp³-hybridized carbons (Fsp3) is 0.438. The minimum atomic E-state index is 0.205. The minimum absolute atomic E-state index is 0.205. The van der Waals surface area contributed by atoms with Crippen LogP contribution >= 0.6 is 0 Å². The van der Waals surface area contributed by atoms with E-state index in [4.69, 9.17) is 9.26 Å². The summed E-state index contributed by atoms with van der Waals surface area (Å²) in [4.78, 5) is 0. The molecule has 1 aromatic carbocycles. The van der Waals surface area contributed by atoms with Crippen molar-refractivity contribution in [3.8, 4) is 0 Å². The van der Waals surface area contributed by atoms with Crippen LogP contribution in [0.5, 0.6) is 0 Å². The molecule has 4 heteroatoms. The van der Waals surface area contributed by atoms with Gasteiger partial charge >= 0.3 is 0 Å². The molecule has 0 fully saturated rings. The van der Waals surface area contributed by atoms with Crippen LogP contribution in [0.4, 0.5) is 0 Å². The molecular weight excluding hydrogens is 252 g/mol. The van der Waals surface area contributed by atoms with Gasteiger partial charge in [0.2, 0.25) is 0 Å². The standard InChI is InChI=1S/C16H22N2O2/c1-11(16-12(2)18-20-13(16)3)17-9-14-7-5-6-8-15(14)10-19-4/h5-8,11,17H,9-10H2,1-4H3. The van der Waals surface area contributed by atoms with Gasteiger partial charge < -0.3 is 14.6 Å². The average molecular weight is 274 g/mol. The van der Waals surface area contributed by atoms with Gasteiger partial charge in [-0.25, -0.2) is 0 Å². The molecule has 4 nitrogen and oxygen atoms in total. The average Bonchev–Trinajstić information content (AvgIpc) is 2.77. The SMILES string of the molecule is COCc1ccccc1CNC(C)c1c(C)noc1C. The van der Waals surface area contributed by atoms with Crippen molar-refractivity contribution in [3.63, 3.8) is 0 Å². The molecule has 1 atom stereocenters. The lowest BCUT2D eigenvalue weighted by atomic mass is 10.0. The summed E-state index contributed by atoms with van der Waals surface area (Å²) in [5.41, 5.74) is 4.57. The molecule has 0 aliphatic heterocycles. The largest absolute Gasteiger partial charge is 0.380 e. The first-order valence-electron chi connectivity index (χ1n) is 6.85. The summed E-state index contributed by atoms with van der Waals surface area (Å²) < 4.78 is 10.5. The highest BCUT2D eigenvalue weighted by atomic mass is 16.5. The Labute approximate surface area is 120 Å². The maximum atomic E-state index is 5.23. The lowest BCUT2D eigenvalue weighted by Gasteiger charge is -2.15. The van der Waals surface area contributed by atoms with Crippen LogP contribution in [0.25, 0.3) is 0 Å². The summed E-state index contributed by atoms with van der Waals surface area (Å²) in [7, 11) is 1.72. The highest BCUT2D eigenvalue weighted by molar-refractivity contribution is 5.28. The van der Waals surface area contributed by atoms with Crippen LogP contribution < -0.4 is 5.32 Å². The number of aryl methyl sites for hydroxylation is 2. The summed E-state index contributed by atoms with van der Waals surface area (Å²) in [6.07, 6.45) is 0. The smallest absolute Gasteiger partial charge is 0.138 e. The summed E-state index contributed by atoms with van der Waals surface area (Å²) in [5.74, 6) is 0.882. The monoisotopic (exact) mass is 274 g/mol. The van der Waals surface area contributed by atoms with Gasteiger partial charge in [-0.05, 0) is 31.9 Å². The van der Waals surface area contributed by atoms with Crippen molar-refractivity contribution in [2.45, 2.75) is 40.0 Å². The van der Waals surface area contributed by atoms with E-state index >= 15 is 0 Å². The number of hydrogen-bond donors (Lipinski definition) is 1. The first-order valence-corrected chi connectivity index (χ1v) is 6.85. The number of nitrogens with zero attached hydrogens (tertiary/aromatic N) is 1. The molecule has 20 heavy (non-hydrogen) atoms. The summed E-state index contributed by atoms with van der Waals surface area (Å²) in [6, 6.07) is 8.52. The molecule has 2 aromatic rings. The molecule has 1 unspecified atom stereocenters. The third kappa shape index (κ3) is 3.26. The van der Waals surface area contributed by atoms with E-state index in [2.05, 4.69) is 35.6 Å². The van der Waals surface area contributed by atoms with E-state index in [0.29, 0.717) is 6.61 Å². The second-order valence-electron chi connectivity index (χ2n) is 5.04. The molecule has 1 heterocycles. The van der Waals surface area contributed by atoms with Gasteiger partial charge in [0.05, 0.1) is 12.3 Å². The van der Waals surface area contributed by atoms with Crippen molar-refractivity contribution >= 4 is 0 Å². The highest BCUT2D eigenvalue weighted by Crippen LogP contribution is 2.21. The van der Waals surface area contributed by atoms with Crippen LogP contribution in [-0.4, -0.2) is 12.3 Å². The number of nitrogens with one attached hydrogen (secondary N) is 1. The zero-order valence-electron chi connectivity index (χ0n) is 12.6. The zero-order chi connectivity index (χ0) is 14.5. The van der Waals surface area contributed by atoms with Crippen molar-refractivity contribution in [2.75, 3.05) is 7.11 Å². The maximum Gasteiger partial charge on any atom is 0.138 e. The normalized spacial score (nSPS) is 12.6. The Morgan fingerprint density at radius 2 is 1.95 bits per heavy atom. The molecule has 1 aromatic heterocycles. The number of benzene rings is 1. The van der Waals surface area contributed by atoms with E-state index < -0.39 is 0 Å². The Hall–Kier alpha value is -1.65. The van der Waals surface area contributed by atoms with E-state index in [-0.39, 0.29) is 6.04 Å². The highest BCUT2D eigenvalue weighted by Gasteiger charge is 2.16. The number of ether oxygens (including phenoxy) is 1. The van der Waals surface area contributed by atoms with Gasteiger partial charge in [0.1, 0.15) is 5.76 Å². The van der Waals surface area contributed by atoms with Crippen molar-refractivity contribution < 1.29 is 9.26 Å². The number of methoxy groups -OCH3 is 1. The maximum absolute atomic E-state index is 5.23. The van der Waals surface area contributed by atoms with Gasteiger partial charge in [-0.15, -0.1) is 0 Å². The van der Waals surface area contributed by atoms with Crippen LogP contribution in [0, 0.1) is 13.8 Å². The molecule has 0 saturated heterocycles. The van der Waals surface area contributed by atoms with Crippen molar-refractivity contribution in [2.24, 2.45) is 0 Å². The third-order valence-electron chi connectivity index (χ3n) is 3.54. The topological polar surface area (TPSA) is 47.3 Å². The summed E-state index contributed by atoms with van der Waals surface area (Å²) >= 11 is 0. The first kappa shape index (κ1) is 14.8. The van der Waals surface area contributed by atoms with Gasteiger partial charge in [-0.1, -0.05) is 29.4 Å². The van der Waals surface area contributed by atoms with E-state index in [1.54, 1.807) is 7.11 Å². The van der Waals surface area contributed by atoms with Crippen LogP contribution in [0.1, 0.15) is 41.1 Å². The molecule has 0 aliphatic rings. The van der Waals surface area contributed by atoms with Gasteiger partial charge in [-0.2, -0.15) is 0 Å². The van der Waals surface area contributed by atoms with E-state index in [1.165, 1.54) is 11.1 Å². The van der Waals surface area contributed by atoms with Gasteiger partial charge in [0.25, 0.3) is 0 Å². The fourth-order valence-electron chi connectivity index (χ4n) is 2.50. The van der Waals surface area contributed by atoms with Crippen LogP contribution in [0.2, 0.25) is 0 Å². The van der Waals surface area contributed by atoms with Crippen molar-refractivity contribution in [1.82, 2.24) is 10.5 Å². The predicted molar refractivity (Wildman–Crippen MR) is 78.4 cm³/mol. The molecule has 1 N–H and O–H groups in total. The quantitative estimate of drug-likeness (QED) is 0.878. The summed E-state index contributed by atoms with van der Waals surface area (Å²) in [5, 5.41) is 7.53. The Bertz CT molecular complexity index is 544. The Morgan fingerprint density at radius 3 is 2.55 bits per heavy atom. The van der Waals surface area contributed by atoms with Crippen molar-refractivity contribution in [1.29, 1.82) is 0 Å². The number of hydrogen-bond acceptors (Lipinski definition) is 4. The molecule has 108 valence electrons. The Balaban J connectivity index is 2.05. The molecule has 0 aliphatic carbocycles. The third-order valence-corrected chi connectivity index (χ3v) is 3.54. The summed E-state index contributed by atoms with van der Waals surface area (Å²) in [6.45, 7) is 7.49. The second kappa shape index (κ2) is 6.68. The zero-order valence-corrected chi connectivity index (χ0v) is 12.6. The minimum Gasteiger partial charge on any atom is -0.380 e. The lowest BCUT2D eigenvalue weighted by molar-refractivity contribution is 0.184. The fourth-order valence-corrected chi connectivity index (χ4v) is 2.50. The first-order chi connectivity index (χ1) is 9.63. The van der Waals surface area contributed by atoms with Crippen molar-refractivity contribution in [3.05, 3.63) is 52.4 Å². The lowest BCUT2D eigenvalue weighted by Crippen LogP contribution is -2.20. The molecule has 0 spiro atoms. The molecule has 0 radical (unpaired) electrons. The second-order valence-corrected chi connectivity index (χ2v) is 5.04. The molecule has 0 bridgehead atoms.